The highest BCUT2D eigenvalue weighted by atomic mass is 16.5. The molecule has 0 aliphatic heterocycles. The van der Waals surface area contributed by atoms with Crippen LogP contribution in [0.2, 0.25) is 0 Å². The number of amides is 1. The molecule has 0 atom stereocenters. The molecule has 0 saturated heterocycles. The Hall–Kier alpha value is -2.29. The highest BCUT2D eigenvalue weighted by molar-refractivity contribution is 6.02. The summed E-state index contributed by atoms with van der Waals surface area (Å²) in [5.41, 5.74) is 3.89. The predicted octanol–water partition coefficient (Wildman–Crippen LogP) is 4.80. The highest BCUT2D eigenvalue weighted by Gasteiger charge is 2.52. The first-order valence-electron chi connectivity index (χ1n) is 8.53. The van der Waals surface area contributed by atoms with Crippen molar-refractivity contribution in [3.8, 4) is 5.75 Å². The van der Waals surface area contributed by atoms with E-state index >= 15 is 0 Å². The maximum Gasteiger partial charge on any atom is 0.235 e. The van der Waals surface area contributed by atoms with Crippen molar-refractivity contribution in [2.45, 2.75) is 44.9 Å². The minimum absolute atomic E-state index is 0.0674. The van der Waals surface area contributed by atoms with Crippen molar-refractivity contribution < 1.29 is 9.53 Å². The Morgan fingerprint density at radius 1 is 1.17 bits per heavy atom. The van der Waals surface area contributed by atoms with Gasteiger partial charge in [0.15, 0.2) is 0 Å². The van der Waals surface area contributed by atoms with Gasteiger partial charge in [-0.2, -0.15) is 0 Å². The fourth-order valence-corrected chi connectivity index (χ4v) is 3.32. The van der Waals surface area contributed by atoms with Crippen LogP contribution in [0, 0.1) is 6.92 Å². The lowest BCUT2D eigenvalue weighted by Gasteiger charge is -2.22. The molecule has 3 heteroatoms. The van der Waals surface area contributed by atoms with Crippen LogP contribution in [0.15, 0.2) is 42.5 Å². The minimum Gasteiger partial charge on any atom is -0.495 e. The van der Waals surface area contributed by atoms with Crippen LogP contribution in [-0.2, 0) is 10.2 Å². The molecule has 3 rings (SSSR count). The second-order valence-electron chi connectivity index (χ2n) is 6.98. The Labute approximate surface area is 144 Å². The number of benzene rings is 2. The van der Waals surface area contributed by atoms with Gasteiger partial charge in [-0.15, -0.1) is 0 Å². The molecule has 2 aromatic rings. The van der Waals surface area contributed by atoms with Gasteiger partial charge in [-0.25, -0.2) is 0 Å². The third kappa shape index (κ3) is 2.91. The number of anilines is 1. The van der Waals surface area contributed by atoms with E-state index in [0.29, 0.717) is 11.7 Å². The van der Waals surface area contributed by atoms with E-state index < -0.39 is 5.41 Å². The summed E-state index contributed by atoms with van der Waals surface area (Å²) in [6.45, 7) is 6.36. The van der Waals surface area contributed by atoms with Crippen LogP contribution in [0.5, 0.6) is 5.75 Å². The first-order valence-corrected chi connectivity index (χ1v) is 8.53. The summed E-state index contributed by atoms with van der Waals surface area (Å²) in [5, 5.41) is 3.09. The molecule has 0 unspecified atom stereocenters. The van der Waals surface area contributed by atoms with E-state index in [2.05, 4.69) is 37.4 Å². The maximum atomic E-state index is 13.1. The Morgan fingerprint density at radius 3 is 2.50 bits per heavy atom. The average Bonchev–Trinajstić information content (AvgIpc) is 3.38. The van der Waals surface area contributed by atoms with E-state index in [1.54, 1.807) is 7.11 Å². The van der Waals surface area contributed by atoms with Crippen LogP contribution in [0.3, 0.4) is 0 Å². The van der Waals surface area contributed by atoms with Gasteiger partial charge < -0.3 is 10.1 Å². The van der Waals surface area contributed by atoms with Crippen LogP contribution < -0.4 is 10.1 Å². The standard InChI is InChI=1S/C21H25NO2/c1-14(2)16-7-5-6-8-17(16)21(11-12-21)20(23)22-18-10-9-15(3)13-19(18)24-4/h5-10,13-14H,11-12H2,1-4H3,(H,22,23). The lowest BCUT2D eigenvalue weighted by molar-refractivity contribution is -0.118. The SMILES string of the molecule is COc1cc(C)ccc1NC(=O)C1(c2ccccc2C(C)C)CC1. The maximum absolute atomic E-state index is 13.1. The molecule has 0 aromatic heterocycles. The summed E-state index contributed by atoms with van der Waals surface area (Å²) in [5.74, 6) is 1.18. The molecule has 1 amide bonds. The molecule has 0 heterocycles. The molecule has 0 bridgehead atoms. The van der Waals surface area contributed by atoms with Gasteiger partial charge in [-0.05, 0) is 54.5 Å². The van der Waals surface area contributed by atoms with Crippen molar-refractivity contribution in [3.05, 3.63) is 59.2 Å². The smallest absolute Gasteiger partial charge is 0.235 e. The number of ether oxygens (including phenoxy) is 1. The molecule has 126 valence electrons. The van der Waals surface area contributed by atoms with Crippen LogP contribution >= 0.6 is 0 Å². The summed E-state index contributed by atoms with van der Waals surface area (Å²) in [7, 11) is 1.63. The number of rotatable bonds is 5. The second-order valence-corrected chi connectivity index (χ2v) is 6.98. The number of hydrogen-bond donors (Lipinski definition) is 1. The molecule has 1 fully saturated rings. The minimum atomic E-state index is -0.392. The Morgan fingerprint density at radius 2 is 1.88 bits per heavy atom. The first-order chi connectivity index (χ1) is 11.5. The predicted molar refractivity (Wildman–Crippen MR) is 97.8 cm³/mol. The van der Waals surface area contributed by atoms with Crippen molar-refractivity contribution >= 4 is 11.6 Å². The number of hydrogen-bond acceptors (Lipinski definition) is 2. The lowest BCUT2D eigenvalue weighted by atomic mass is 9.86. The van der Waals surface area contributed by atoms with E-state index in [1.807, 2.05) is 31.2 Å². The lowest BCUT2D eigenvalue weighted by Crippen LogP contribution is -2.29. The molecule has 0 radical (unpaired) electrons. The molecule has 0 spiro atoms. The van der Waals surface area contributed by atoms with Crippen molar-refractivity contribution in [2.24, 2.45) is 0 Å². The van der Waals surface area contributed by atoms with Gasteiger partial charge in [-0.3, -0.25) is 4.79 Å². The molecule has 24 heavy (non-hydrogen) atoms. The molecule has 1 aliphatic rings. The molecule has 1 N–H and O–H groups in total. The molecular weight excluding hydrogens is 298 g/mol. The summed E-state index contributed by atoms with van der Waals surface area (Å²) >= 11 is 0. The second kappa shape index (κ2) is 6.31. The first kappa shape index (κ1) is 16.6. The third-order valence-electron chi connectivity index (χ3n) is 4.89. The topological polar surface area (TPSA) is 38.3 Å². The van der Waals surface area contributed by atoms with Crippen molar-refractivity contribution in [2.75, 3.05) is 12.4 Å². The Balaban J connectivity index is 1.91. The number of methoxy groups -OCH3 is 1. The zero-order valence-electron chi connectivity index (χ0n) is 14.8. The van der Waals surface area contributed by atoms with Crippen LogP contribution in [0.4, 0.5) is 5.69 Å². The normalized spacial score (nSPS) is 15.2. The molecule has 1 saturated carbocycles. The zero-order chi connectivity index (χ0) is 17.3. The van der Waals surface area contributed by atoms with Gasteiger partial charge in [0.2, 0.25) is 5.91 Å². The fraction of sp³-hybridized carbons (Fsp3) is 0.381. The van der Waals surface area contributed by atoms with E-state index in [4.69, 9.17) is 4.74 Å². The molecule has 2 aromatic carbocycles. The summed E-state index contributed by atoms with van der Waals surface area (Å²) in [6.07, 6.45) is 1.80. The monoisotopic (exact) mass is 323 g/mol. The van der Waals surface area contributed by atoms with Crippen molar-refractivity contribution in [3.63, 3.8) is 0 Å². The highest BCUT2D eigenvalue weighted by Crippen LogP contribution is 2.51. The number of carbonyl (C=O) groups excluding carboxylic acids is 1. The Bertz CT molecular complexity index is 760. The van der Waals surface area contributed by atoms with Crippen LogP contribution in [0.25, 0.3) is 0 Å². The summed E-state index contributed by atoms with van der Waals surface area (Å²) in [6, 6.07) is 14.2. The number of carbonyl (C=O) groups is 1. The van der Waals surface area contributed by atoms with Crippen LogP contribution in [-0.4, -0.2) is 13.0 Å². The van der Waals surface area contributed by atoms with Gasteiger partial charge in [0, 0.05) is 0 Å². The van der Waals surface area contributed by atoms with E-state index in [0.717, 1.165) is 24.1 Å². The van der Waals surface area contributed by atoms with E-state index in [-0.39, 0.29) is 5.91 Å². The molecule has 3 nitrogen and oxygen atoms in total. The van der Waals surface area contributed by atoms with Gasteiger partial charge >= 0.3 is 0 Å². The third-order valence-corrected chi connectivity index (χ3v) is 4.89. The van der Waals surface area contributed by atoms with E-state index in [9.17, 15) is 4.79 Å². The average molecular weight is 323 g/mol. The Kier molecular flexibility index (Phi) is 4.35. The largest absolute Gasteiger partial charge is 0.495 e. The summed E-state index contributed by atoms with van der Waals surface area (Å²) < 4.78 is 5.41. The van der Waals surface area contributed by atoms with Gasteiger partial charge in [0.05, 0.1) is 18.2 Å². The van der Waals surface area contributed by atoms with Gasteiger partial charge in [0.1, 0.15) is 5.75 Å². The van der Waals surface area contributed by atoms with Gasteiger partial charge in [-0.1, -0.05) is 44.2 Å². The van der Waals surface area contributed by atoms with Crippen molar-refractivity contribution in [1.82, 2.24) is 0 Å². The van der Waals surface area contributed by atoms with E-state index in [1.165, 1.54) is 11.1 Å². The molecule has 1 aliphatic carbocycles. The number of nitrogens with one attached hydrogen (secondary N) is 1. The van der Waals surface area contributed by atoms with Crippen LogP contribution in [0.1, 0.15) is 49.3 Å². The molecular formula is C21H25NO2. The van der Waals surface area contributed by atoms with Crippen molar-refractivity contribution in [1.29, 1.82) is 0 Å². The summed E-state index contributed by atoms with van der Waals surface area (Å²) in [4.78, 5) is 13.1. The number of aryl methyl sites for hydroxylation is 1. The zero-order valence-corrected chi connectivity index (χ0v) is 14.8. The fourth-order valence-electron chi connectivity index (χ4n) is 3.32. The quantitative estimate of drug-likeness (QED) is 0.858. The van der Waals surface area contributed by atoms with Gasteiger partial charge in [0.25, 0.3) is 0 Å².